The van der Waals surface area contributed by atoms with Crippen LogP contribution >= 0.6 is 11.6 Å². The molecule has 0 aromatic heterocycles. The van der Waals surface area contributed by atoms with Crippen molar-refractivity contribution in [2.24, 2.45) is 0 Å². The van der Waals surface area contributed by atoms with Gasteiger partial charge in [0, 0.05) is 18.8 Å². The zero-order chi connectivity index (χ0) is 19.3. The lowest BCUT2D eigenvalue weighted by Crippen LogP contribution is -2.43. The molecule has 27 heavy (non-hydrogen) atoms. The van der Waals surface area contributed by atoms with E-state index in [1.165, 1.54) is 18.2 Å². The van der Waals surface area contributed by atoms with Gasteiger partial charge in [-0.15, -0.1) is 0 Å². The van der Waals surface area contributed by atoms with Gasteiger partial charge in [0.2, 0.25) is 0 Å². The summed E-state index contributed by atoms with van der Waals surface area (Å²) < 4.78 is 38.0. The van der Waals surface area contributed by atoms with E-state index in [2.05, 4.69) is 4.72 Å². The Morgan fingerprint density at radius 1 is 1.15 bits per heavy atom. The fraction of sp³-hybridized carbons (Fsp3) is 0.278. The Bertz CT molecular complexity index is 899. The number of ether oxygens (including phenoxy) is 2. The van der Waals surface area contributed by atoms with Crippen molar-refractivity contribution in [3.63, 3.8) is 0 Å². The first-order chi connectivity index (χ1) is 13.0. The molecule has 0 aliphatic carbocycles. The molecule has 1 saturated heterocycles. The molecule has 0 radical (unpaired) electrons. The number of para-hydroxylation sites is 1. The van der Waals surface area contributed by atoms with Crippen molar-refractivity contribution < 1.29 is 22.7 Å². The summed E-state index contributed by atoms with van der Waals surface area (Å²) in [7, 11) is -3.78. The smallest absolute Gasteiger partial charge is 0.261 e. The van der Waals surface area contributed by atoms with Crippen LogP contribution in [-0.4, -0.2) is 52.1 Å². The van der Waals surface area contributed by atoms with E-state index in [9.17, 15) is 13.2 Å². The molecule has 7 nitrogen and oxygen atoms in total. The quantitative estimate of drug-likeness (QED) is 0.790. The molecule has 1 aliphatic rings. The summed E-state index contributed by atoms with van der Waals surface area (Å²) in [4.78, 5) is 13.8. The zero-order valence-corrected chi connectivity index (χ0v) is 16.0. The molecule has 0 saturated carbocycles. The maximum atomic E-state index is 12.5. The molecule has 144 valence electrons. The number of morpholine rings is 1. The van der Waals surface area contributed by atoms with Crippen molar-refractivity contribution in [3.8, 4) is 5.75 Å². The molecule has 2 aromatic rings. The summed E-state index contributed by atoms with van der Waals surface area (Å²) in [5.74, 6) is 0.0775. The Hall–Kier alpha value is -2.29. The minimum Gasteiger partial charge on any atom is -0.482 e. The van der Waals surface area contributed by atoms with E-state index in [0.29, 0.717) is 32.0 Å². The normalized spacial score (nSPS) is 14.6. The Morgan fingerprint density at radius 3 is 2.52 bits per heavy atom. The molecule has 3 rings (SSSR count). The van der Waals surface area contributed by atoms with Gasteiger partial charge >= 0.3 is 0 Å². The Balaban J connectivity index is 1.65. The van der Waals surface area contributed by atoms with Crippen LogP contribution in [0, 0.1) is 0 Å². The molecule has 2 aromatic carbocycles. The molecule has 0 unspecified atom stereocenters. The number of sulfonamides is 1. The van der Waals surface area contributed by atoms with Crippen LogP contribution in [0.5, 0.6) is 5.75 Å². The van der Waals surface area contributed by atoms with Gasteiger partial charge in [-0.25, -0.2) is 8.42 Å². The number of amides is 1. The van der Waals surface area contributed by atoms with E-state index in [4.69, 9.17) is 21.1 Å². The van der Waals surface area contributed by atoms with Gasteiger partial charge < -0.3 is 14.4 Å². The fourth-order valence-electron chi connectivity index (χ4n) is 2.53. The average molecular weight is 411 g/mol. The predicted molar refractivity (Wildman–Crippen MR) is 102 cm³/mol. The highest BCUT2D eigenvalue weighted by molar-refractivity contribution is 7.92. The number of carbonyl (C=O) groups is 1. The minimum absolute atomic E-state index is 0.00297. The third-order valence-corrected chi connectivity index (χ3v) is 5.63. The van der Waals surface area contributed by atoms with Crippen molar-refractivity contribution in [3.05, 3.63) is 53.6 Å². The molecular formula is C18H19ClN2O5S. The van der Waals surface area contributed by atoms with Crippen LogP contribution in [-0.2, 0) is 19.6 Å². The Labute approximate surface area is 162 Å². The largest absolute Gasteiger partial charge is 0.482 e. The van der Waals surface area contributed by atoms with Gasteiger partial charge in [0.1, 0.15) is 5.75 Å². The lowest BCUT2D eigenvalue weighted by atomic mass is 10.3. The second-order valence-corrected chi connectivity index (χ2v) is 7.94. The zero-order valence-electron chi connectivity index (χ0n) is 14.4. The van der Waals surface area contributed by atoms with Crippen molar-refractivity contribution in [2.75, 3.05) is 37.6 Å². The first-order valence-corrected chi connectivity index (χ1v) is 10.2. The summed E-state index contributed by atoms with van der Waals surface area (Å²) in [6.45, 7) is 1.89. The lowest BCUT2D eigenvalue weighted by molar-refractivity contribution is -0.137. The number of nitrogens with one attached hydrogen (secondary N) is 1. The molecule has 9 heteroatoms. The van der Waals surface area contributed by atoms with Gasteiger partial charge in [-0.3, -0.25) is 9.52 Å². The van der Waals surface area contributed by atoms with Crippen LogP contribution in [0.2, 0.25) is 5.02 Å². The van der Waals surface area contributed by atoms with E-state index in [-0.39, 0.29) is 28.2 Å². The highest BCUT2D eigenvalue weighted by Gasteiger charge is 2.19. The summed E-state index contributed by atoms with van der Waals surface area (Å²) >= 11 is 6.15. The van der Waals surface area contributed by atoms with Gasteiger partial charge in [0.15, 0.2) is 6.61 Å². The van der Waals surface area contributed by atoms with E-state index in [1.54, 1.807) is 35.2 Å². The van der Waals surface area contributed by atoms with Crippen molar-refractivity contribution >= 4 is 33.2 Å². The van der Waals surface area contributed by atoms with Crippen LogP contribution < -0.4 is 9.46 Å². The molecule has 1 heterocycles. The number of benzene rings is 2. The molecule has 0 atom stereocenters. The summed E-state index contributed by atoms with van der Waals surface area (Å²) in [5.41, 5.74) is 0.449. The summed E-state index contributed by atoms with van der Waals surface area (Å²) in [6.07, 6.45) is 0. The lowest BCUT2D eigenvalue weighted by Gasteiger charge is -2.26. The fourth-order valence-corrected chi connectivity index (χ4v) is 3.91. The van der Waals surface area contributed by atoms with Crippen LogP contribution in [0.1, 0.15) is 0 Å². The number of nitrogens with zero attached hydrogens (tertiary/aromatic N) is 1. The first kappa shape index (κ1) is 19.5. The third kappa shape index (κ3) is 5.12. The molecule has 0 spiro atoms. The monoisotopic (exact) mass is 410 g/mol. The van der Waals surface area contributed by atoms with Crippen LogP contribution in [0.25, 0.3) is 0 Å². The molecule has 1 N–H and O–H groups in total. The molecule has 1 aliphatic heterocycles. The topological polar surface area (TPSA) is 84.9 Å². The van der Waals surface area contributed by atoms with Gasteiger partial charge in [-0.2, -0.15) is 0 Å². The molecule has 1 fully saturated rings. The molecule has 1 amide bonds. The number of halogens is 1. The molecule has 0 bridgehead atoms. The Morgan fingerprint density at radius 2 is 1.85 bits per heavy atom. The average Bonchev–Trinajstić information content (AvgIpc) is 2.68. The summed E-state index contributed by atoms with van der Waals surface area (Å²) in [6, 6.07) is 12.7. The highest BCUT2D eigenvalue weighted by Crippen LogP contribution is 2.28. The molecular weight excluding hydrogens is 392 g/mol. The van der Waals surface area contributed by atoms with Crippen molar-refractivity contribution in [2.45, 2.75) is 4.90 Å². The SMILES string of the molecule is O=C(COc1ccc(S(=O)(=O)Nc2ccccc2)cc1Cl)N1CCOCC1. The van der Waals surface area contributed by atoms with Gasteiger partial charge in [-0.1, -0.05) is 29.8 Å². The number of anilines is 1. The van der Waals surface area contributed by atoms with E-state index in [1.807, 2.05) is 0 Å². The summed E-state index contributed by atoms with van der Waals surface area (Å²) in [5, 5.41) is 0.112. The van der Waals surface area contributed by atoms with Gasteiger partial charge in [-0.05, 0) is 30.3 Å². The van der Waals surface area contributed by atoms with Crippen LogP contribution in [0.15, 0.2) is 53.4 Å². The van der Waals surface area contributed by atoms with Crippen molar-refractivity contribution in [1.29, 1.82) is 0 Å². The van der Waals surface area contributed by atoms with Gasteiger partial charge in [0.05, 0.1) is 23.1 Å². The highest BCUT2D eigenvalue weighted by atomic mass is 35.5. The van der Waals surface area contributed by atoms with Gasteiger partial charge in [0.25, 0.3) is 15.9 Å². The maximum Gasteiger partial charge on any atom is 0.261 e. The Kier molecular flexibility index (Phi) is 6.20. The first-order valence-electron chi connectivity index (χ1n) is 8.31. The predicted octanol–water partition coefficient (Wildman–Crippen LogP) is 2.38. The van der Waals surface area contributed by atoms with Crippen LogP contribution in [0.4, 0.5) is 5.69 Å². The minimum atomic E-state index is -3.78. The van der Waals surface area contributed by atoms with E-state index >= 15 is 0 Å². The number of rotatable bonds is 6. The van der Waals surface area contributed by atoms with Crippen molar-refractivity contribution in [1.82, 2.24) is 4.90 Å². The number of carbonyl (C=O) groups excluding carboxylic acids is 1. The standard InChI is InChI=1S/C18H19ClN2O5S/c19-16-12-15(27(23,24)20-14-4-2-1-3-5-14)6-7-17(16)26-13-18(22)21-8-10-25-11-9-21/h1-7,12,20H,8-11,13H2. The number of hydrogen-bond donors (Lipinski definition) is 1. The van der Waals surface area contributed by atoms with E-state index < -0.39 is 10.0 Å². The van der Waals surface area contributed by atoms with E-state index in [0.717, 1.165) is 0 Å². The number of hydrogen-bond acceptors (Lipinski definition) is 5. The third-order valence-electron chi connectivity index (χ3n) is 3.95. The second kappa shape index (κ2) is 8.60. The second-order valence-electron chi connectivity index (χ2n) is 5.85. The maximum absolute atomic E-state index is 12.5. The van der Waals surface area contributed by atoms with Crippen LogP contribution in [0.3, 0.4) is 0 Å².